The standard InChI is InChI=1S/C20H17Cl2NO2S/c1-11(2)8-17-18(12-6-7-15(21)16(22)10-12)23-19(26-17)13-4-3-5-14(9-13)20(24)25/h3-7,9-11H,8H2,1-2H3,(H,24,25). The third-order valence-corrected chi connectivity index (χ3v) is 5.71. The lowest BCUT2D eigenvalue weighted by atomic mass is 10.0. The van der Waals surface area contributed by atoms with Crippen molar-refractivity contribution in [2.75, 3.05) is 0 Å². The maximum atomic E-state index is 11.2. The van der Waals surface area contributed by atoms with Crippen LogP contribution in [0.2, 0.25) is 10.0 Å². The first-order valence-corrected chi connectivity index (χ1v) is 9.71. The normalized spacial score (nSPS) is 11.1. The van der Waals surface area contributed by atoms with Gasteiger partial charge in [0.15, 0.2) is 0 Å². The summed E-state index contributed by atoms with van der Waals surface area (Å²) in [7, 11) is 0. The summed E-state index contributed by atoms with van der Waals surface area (Å²) >= 11 is 13.8. The third-order valence-electron chi connectivity index (χ3n) is 3.84. The number of thiazole rings is 1. The van der Waals surface area contributed by atoms with Gasteiger partial charge in [-0.05, 0) is 36.6 Å². The molecule has 0 bridgehead atoms. The molecule has 3 rings (SSSR count). The SMILES string of the molecule is CC(C)Cc1sc(-c2cccc(C(=O)O)c2)nc1-c1ccc(Cl)c(Cl)c1. The topological polar surface area (TPSA) is 50.2 Å². The predicted molar refractivity (Wildman–Crippen MR) is 109 cm³/mol. The van der Waals surface area contributed by atoms with Gasteiger partial charge in [0, 0.05) is 16.0 Å². The second-order valence-electron chi connectivity index (χ2n) is 6.40. The number of nitrogens with zero attached hydrogens (tertiary/aromatic N) is 1. The van der Waals surface area contributed by atoms with Crippen LogP contribution in [0.25, 0.3) is 21.8 Å². The second-order valence-corrected chi connectivity index (χ2v) is 8.30. The molecule has 0 unspecified atom stereocenters. The number of aromatic carboxylic acids is 1. The van der Waals surface area contributed by atoms with Crippen LogP contribution in [0.3, 0.4) is 0 Å². The van der Waals surface area contributed by atoms with Crippen LogP contribution in [0.15, 0.2) is 42.5 Å². The molecule has 1 aromatic heterocycles. The van der Waals surface area contributed by atoms with Crippen LogP contribution in [0.5, 0.6) is 0 Å². The number of carboxylic acids is 1. The molecule has 2 aromatic carbocycles. The van der Waals surface area contributed by atoms with Crippen LogP contribution in [-0.2, 0) is 6.42 Å². The van der Waals surface area contributed by atoms with E-state index in [-0.39, 0.29) is 5.56 Å². The first-order chi connectivity index (χ1) is 12.3. The lowest BCUT2D eigenvalue weighted by Crippen LogP contribution is -1.95. The molecule has 1 heterocycles. The molecule has 0 saturated carbocycles. The van der Waals surface area contributed by atoms with Gasteiger partial charge in [0.2, 0.25) is 0 Å². The first kappa shape index (κ1) is 18.9. The summed E-state index contributed by atoms with van der Waals surface area (Å²) < 4.78 is 0. The third kappa shape index (κ3) is 4.09. The van der Waals surface area contributed by atoms with E-state index in [0.29, 0.717) is 16.0 Å². The Bertz CT molecular complexity index is 966. The number of rotatable bonds is 5. The van der Waals surface area contributed by atoms with Crippen molar-refractivity contribution in [1.82, 2.24) is 4.98 Å². The van der Waals surface area contributed by atoms with Crippen LogP contribution in [0.4, 0.5) is 0 Å². The Balaban J connectivity index is 2.11. The zero-order chi connectivity index (χ0) is 18.8. The lowest BCUT2D eigenvalue weighted by molar-refractivity contribution is 0.0697. The number of hydrogen-bond acceptors (Lipinski definition) is 3. The molecule has 0 saturated heterocycles. The Kier molecular flexibility index (Phi) is 5.66. The van der Waals surface area contributed by atoms with E-state index in [1.165, 1.54) is 0 Å². The maximum absolute atomic E-state index is 11.2. The van der Waals surface area contributed by atoms with E-state index in [0.717, 1.165) is 33.1 Å². The molecular formula is C20H17Cl2NO2S. The molecule has 0 radical (unpaired) electrons. The summed E-state index contributed by atoms with van der Waals surface area (Å²) in [5.74, 6) is -0.481. The Morgan fingerprint density at radius 3 is 2.54 bits per heavy atom. The number of carbonyl (C=O) groups is 1. The van der Waals surface area contributed by atoms with Crippen LogP contribution in [0.1, 0.15) is 29.1 Å². The number of aromatic nitrogens is 1. The molecule has 0 amide bonds. The molecule has 0 atom stereocenters. The molecule has 0 aliphatic carbocycles. The van der Waals surface area contributed by atoms with Crippen molar-refractivity contribution in [3.63, 3.8) is 0 Å². The quantitative estimate of drug-likeness (QED) is 0.514. The van der Waals surface area contributed by atoms with Crippen LogP contribution in [-0.4, -0.2) is 16.1 Å². The van der Waals surface area contributed by atoms with Gasteiger partial charge < -0.3 is 5.11 Å². The van der Waals surface area contributed by atoms with E-state index in [4.69, 9.17) is 28.2 Å². The number of benzene rings is 2. The first-order valence-electron chi connectivity index (χ1n) is 8.14. The van der Waals surface area contributed by atoms with Gasteiger partial charge in [-0.1, -0.05) is 55.2 Å². The molecule has 3 aromatic rings. The van der Waals surface area contributed by atoms with E-state index in [1.807, 2.05) is 18.2 Å². The van der Waals surface area contributed by atoms with Gasteiger partial charge in [0.25, 0.3) is 0 Å². The molecule has 3 nitrogen and oxygen atoms in total. The van der Waals surface area contributed by atoms with Crippen molar-refractivity contribution in [3.05, 3.63) is 63.0 Å². The molecule has 134 valence electrons. The van der Waals surface area contributed by atoms with Crippen molar-refractivity contribution >= 4 is 40.5 Å². The summed E-state index contributed by atoms with van der Waals surface area (Å²) in [6, 6.07) is 12.3. The Hall–Kier alpha value is -1.88. The second kappa shape index (κ2) is 7.78. The maximum Gasteiger partial charge on any atom is 0.335 e. The van der Waals surface area contributed by atoms with E-state index < -0.39 is 5.97 Å². The summed E-state index contributed by atoms with van der Waals surface area (Å²) in [5.41, 5.74) is 2.83. The molecule has 26 heavy (non-hydrogen) atoms. The zero-order valence-electron chi connectivity index (χ0n) is 14.3. The van der Waals surface area contributed by atoms with Crippen LogP contribution >= 0.6 is 34.5 Å². The number of carboxylic acid groups (broad SMARTS) is 1. The fourth-order valence-corrected chi connectivity index (χ4v) is 4.23. The van der Waals surface area contributed by atoms with Crippen molar-refractivity contribution in [1.29, 1.82) is 0 Å². The summed E-state index contributed by atoms with van der Waals surface area (Å²) in [4.78, 5) is 17.2. The van der Waals surface area contributed by atoms with E-state index in [1.54, 1.807) is 35.6 Å². The molecule has 0 spiro atoms. The van der Waals surface area contributed by atoms with Gasteiger partial charge in [-0.3, -0.25) is 0 Å². The van der Waals surface area contributed by atoms with Crippen LogP contribution < -0.4 is 0 Å². The highest BCUT2D eigenvalue weighted by Crippen LogP contribution is 2.37. The van der Waals surface area contributed by atoms with Crippen molar-refractivity contribution in [3.8, 4) is 21.8 Å². The largest absolute Gasteiger partial charge is 0.478 e. The van der Waals surface area contributed by atoms with Crippen molar-refractivity contribution in [2.24, 2.45) is 5.92 Å². The van der Waals surface area contributed by atoms with E-state index >= 15 is 0 Å². The van der Waals surface area contributed by atoms with E-state index in [9.17, 15) is 9.90 Å². The smallest absolute Gasteiger partial charge is 0.335 e. The highest BCUT2D eigenvalue weighted by molar-refractivity contribution is 7.15. The monoisotopic (exact) mass is 405 g/mol. The Morgan fingerprint density at radius 2 is 1.88 bits per heavy atom. The minimum Gasteiger partial charge on any atom is -0.478 e. The summed E-state index contributed by atoms with van der Waals surface area (Å²) in [6.07, 6.45) is 0.881. The minimum atomic E-state index is -0.949. The fraction of sp³-hybridized carbons (Fsp3) is 0.200. The van der Waals surface area contributed by atoms with Crippen LogP contribution in [0, 0.1) is 5.92 Å². The van der Waals surface area contributed by atoms with Gasteiger partial charge >= 0.3 is 5.97 Å². The minimum absolute atomic E-state index is 0.249. The zero-order valence-corrected chi connectivity index (χ0v) is 16.6. The molecule has 0 fully saturated rings. The molecular weight excluding hydrogens is 389 g/mol. The average Bonchev–Trinajstić information content (AvgIpc) is 3.00. The van der Waals surface area contributed by atoms with Crippen molar-refractivity contribution in [2.45, 2.75) is 20.3 Å². The Labute approximate surface area is 166 Å². The average molecular weight is 406 g/mol. The van der Waals surface area contributed by atoms with E-state index in [2.05, 4.69) is 13.8 Å². The molecule has 1 N–H and O–H groups in total. The van der Waals surface area contributed by atoms with Gasteiger partial charge in [-0.15, -0.1) is 11.3 Å². The molecule has 6 heteroatoms. The fourth-order valence-electron chi connectivity index (χ4n) is 2.64. The summed E-state index contributed by atoms with van der Waals surface area (Å²) in [6.45, 7) is 4.31. The molecule has 0 aliphatic rings. The van der Waals surface area contributed by atoms with Gasteiger partial charge in [0.05, 0.1) is 21.3 Å². The highest BCUT2D eigenvalue weighted by Gasteiger charge is 2.17. The van der Waals surface area contributed by atoms with Crippen molar-refractivity contribution < 1.29 is 9.90 Å². The highest BCUT2D eigenvalue weighted by atomic mass is 35.5. The van der Waals surface area contributed by atoms with Gasteiger partial charge in [0.1, 0.15) is 5.01 Å². The number of halogens is 2. The molecule has 0 aliphatic heterocycles. The lowest BCUT2D eigenvalue weighted by Gasteiger charge is -2.06. The predicted octanol–water partition coefficient (Wildman–Crippen LogP) is 6.68. The van der Waals surface area contributed by atoms with Gasteiger partial charge in [-0.25, -0.2) is 9.78 Å². The Morgan fingerprint density at radius 1 is 1.12 bits per heavy atom. The van der Waals surface area contributed by atoms with Gasteiger partial charge in [-0.2, -0.15) is 0 Å². The summed E-state index contributed by atoms with van der Waals surface area (Å²) in [5, 5.41) is 11.0. The number of hydrogen-bond donors (Lipinski definition) is 1.